The highest BCUT2D eigenvalue weighted by Crippen LogP contribution is 2.12. The lowest BCUT2D eigenvalue weighted by atomic mass is 10.4. The lowest BCUT2D eigenvalue weighted by Crippen LogP contribution is -2.38. The van der Waals surface area contributed by atoms with Gasteiger partial charge in [-0.25, -0.2) is 4.52 Å². The minimum atomic E-state index is 0.701. The van der Waals surface area contributed by atoms with Crippen molar-refractivity contribution in [2.24, 2.45) is 0 Å². The van der Waals surface area contributed by atoms with Crippen LogP contribution < -0.4 is 4.74 Å². The van der Waals surface area contributed by atoms with Gasteiger partial charge >= 0.3 is 0 Å². The molecule has 0 aromatic carbocycles. The predicted molar refractivity (Wildman–Crippen MR) is 67.9 cm³/mol. The van der Waals surface area contributed by atoms with Gasteiger partial charge < -0.3 is 9.47 Å². The van der Waals surface area contributed by atoms with Crippen LogP contribution in [0.5, 0.6) is 5.75 Å². The zero-order valence-electron chi connectivity index (χ0n) is 10.3. The highest BCUT2D eigenvalue weighted by molar-refractivity contribution is 5.47. The Balaban J connectivity index is 1.52. The number of hydrogen-bond donors (Lipinski definition) is 0. The van der Waals surface area contributed by atoms with Gasteiger partial charge in [0.15, 0.2) is 0 Å². The lowest BCUT2D eigenvalue weighted by Gasteiger charge is -2.26. The molecular weight excluding hydrogens is 230 g/mol. The average Bonchev–Trinajstić information content (AvgIpc) is 2.87. The Bertz CT molecular complexity index is 506. The van der Waals surface area contributed by atoms with Crippen molar-refractivity contribution < 1.29 is 9.47 Å². The molecule has 0 aliphatic carbocycles. The van der Waals surface area contributed by atoms with Crippen molar-refractivity contribution in [3.8, 4) is 5.75 Å². The molecule has 0 N–H and O–H groups in total. The molecule has 1 aliphatic rings. The van der Waals surface area contributed by atoms with E-state index in [1.54, 1.807) is 6.20 Å². The molecule has 2 aromatic rings. The Labute approximate surface area is 106 Å². The molecule has 3 rings (SSSR count). The molecule has 0 amide bonds. The largest absolute Gasteiger partial charge is 0.491 e. The molecule has 0 saturated carbocycles. The number of nitrogens with zero attached hydrogens (tertiary/aromatic N) is 3. The fourth-order valence-electron chi connectivity index (χ4n) is 2.10. The van der Waals surface area contributed by atoms with Crippen molar-refractivity contribution in [3.05, 3.63) is 30.6 Å². The third-order valence-corrected chi connectivity index (χ3v) is 3.15. The molecule has 5 heteroatoms. The molecule has 1 fully saturated rings. The van der Waals surface area contributed by atoms with Crippen LogP contribution in [-0.2, 0) is 4.74 Å². The number of hydrogen-bond acceptors (Lipinski definition) is 4. The number of morpholine rings is 1. The summed E-state index contributed by atoms with van der Waals surface area (Å²) in [6.45, 7) is 5.31. The van der Waals surface area contributed by atoms with E-state index in [2.05, 4.69) is 10.00 Å². The number of fused-ring (bicyclic) bond motifs is 1. The maximum atomic E-state index is 5.74. The van der Waals surface area contributed by atoms with Crippen LogP contribution in [0.15, 0.2) is 30.6 Å². The molecule has 1 saturated heterocycles. The van der Waals surface area contributed by atoms with Crippen LogP contribution in [0.1, 0.15) is 0 Å². The summed E-state index contributed by atoms with van der Waals surface area (Å²) in [5.74, 6) is 0.861. The summed E-state index contributed by atoms with van der Waals surface area (Å²) in [6, 6.07) is 5.96. The normalized spacial score (nSPS) is 17.1. The highest BCUT2D eigenvalue weighted by Gasteiger charge is 2.09. The average molecular weight is 247 g/mol. The quantitative estimate of drug-likeness (QED) is 0.809. The van der Waals surface area contributed by atoms with Gasteiger partial charge in [-0.15, -0.1) is 0 Å². The van der Waals surface area contributed by atoms with Crippen LogP contribution in [-0.4, -0.2) is 54.0 Å². The van der Waals surface area contributed by atoms with Crippen LogP contribution in [0.4, 0.5) is 0 Å². The Morgan fingerprint density at radius 1 is 1.22 bits per heavy atom. The van der Waals surface area contributed by atoms with Gasteiger partial charge in [0.2, 0.25) is 0 Å². The molecule has 96 valence electrons. The summed E-state index contributed by atoms with van der Waals surface area (Å²) in [5.41, 5.74) is 1.08. The molecule has 0 bridgehead atoms. The molecule has 0 unspecified atom stereocenters. The molecule has 1 aliphatic heterocycles. The first-order chi connectivity index (χ1) is 8.92. The van der Waals surface area contributed by atoms with Crippen molar-refractivity contribution in [1.29, 1.82) is 0 Å². The number of pyridine rings is 1. The lowest BCUT2D eigenvalue weighted by molar-refractivity contribution is 0.0322. The smallest absolute Gasteiger partial charge is 0.137 e. The van der Waals surface area contributed by atoms with E-state index in [0.29, 0.717) is 6.61 Å². The van der Waals surface area contributed by atoms with Gasteiger partial charge in [0, 0.05) is 25.8 Å². The summed E-state index contributed by atoms with van der Waals surface area (Å²) in [6.07, 6.45) is 3.70. The first-order valence-corrected chi connectivity index (χ1v) is 6.28. The second-order valence-electron chi connectivity index (χ2n) is 4.37. The molecule has 5 nitrogen and oxygen atoms in total. The standard InChI is InChI=1S/C13H17N3O2/c1-2-13(11-16-12(1)3-4-14-16)18-10-7-15-5-8-17-9-6-15/h1-4,11H,5-10H2. The fraction of sp³-hybridized carbons (Fsp3) is 0.462. The van der Waals surface area contributed by atoms with E-state index < -0.39 is 0 Å². The summed E-state index contributed by atoms with van der Waals surface area (Å²) in [4.78, 5) is 2.36. The maximum Gasteiger partial charge on any atom is 0.137 e. The van der Waals surface area contributed by atoms with Crippen molar-refractivity contribution >= 4 is 5.52 Å². The van der Waals surface area contributed by atoms with Gasteiger partial charge in [-0.1, -0.05) is 0 Å². The van der Waals surface area contributed by atoms with Gasteiger partial charge in [0.25, 0.3) is 0 Å². The van der Waals surface area contributed by atoms with Gasteiger partial charge in [-0.3, -0.25) is 4.90 Å². The molecule has 2 aromatic heterocycles. The van der Waals surface area contributed by atoms with Crippen LogP contribution in [0.2, 0.25) is 0 Å². The maximum absolute atomic E-state index is 5.74. The topological polar surface area (TPSA) is 39.0 Å². The van der Waals surface area contributed by atoms with E-state index in [1.807, 2.05) is 28.9 Å². The summed E-state index contributed by atoms with van der Waals surface area (Å²) < 4.78 is 12.9. The van der Waals surface area contributed by atoms with Gasteiger partial charge in [-0.05, 0) is 18.2 Å². The van der Waals surface area contributed by atoms with Crippen molar-refractivity contribution in [2.75, 3.05) is 39.5 Å². The molecule has 0 spiro atoms. The van der Waals surface area contributed by atoms with Gasteiger partial charge in [-0.2, -0.15) is 5.10 Å². The van der Waals surface area contributed by atoms with E-state index in [1.165, 1.54) is 0 Å². The van der Waals surface area contributed by atoms with Gasteiger partial charge in [0.1, 0.15) is 12.4 Å². The second-order valence-corrected chi connectivity index (χ2v) is 4.37. The summed E-state index contributed by atoms with van der Waals surface area (Å²) in [5, 5.41) is 4.19. The molecule has 3 heterocycles. The number of aromatic nitrogens is 2. The van der Waals surface area contributed by atoms with Crippen LogP contribution in [0.25, 0.3) is 5.52 Å². The Morgan fingerprint density at radius 3 is 3.00 bits per heavy atom. The monoisotopic (exact) mass is 247 g/mol. The van der Waals surface area contributed by atoms with Crippen molar-refractivity contribution in [3.63, 3.8) is 0 Å². The van der Waals surface area contributed by atoms with Crippen molar-refractivity contribution in [1.82, 2.24) is 14.5 Å². The van der Waals surface area contributed by atoms with Crippen LogP contribution >= 0.6 is 0 Å². The highest BCUT2D eigenvalue weighted by atomic mass is 16.5. The Hall–Kier alpha value is -1.59. The van der Waals surface area contributed by atoms with Crippen LogP contribution in [0, 0.1) is 0 Å². The van der Waals surface area contributed by atoms with Crippen molar-refractivity contribution in [2.45, 2.75) is 0 Å². The predicted octanol–water partition coefficient (Wildman–Crippen LogP) is 1.05. The minimum Gasteiger partial charge on any atom is -0.491 e. The third kappa shape index (κ3) is 2.63. The zero-order valence-corrected chi connectivity index (χ0v) is 10.3. The number of ether oxygens (including phenoxy) is 2. The molecule has 18 heavy (non-hydrogen) atoms. The second kappa shape index (κ2) is 5.37. The molecule has 0 atom stereocenters. The Morgan fingerprint density at radius 2 is 2.11 bits per heavy atom. The SMILES string of the molecule is c1cc2ccc(OCCN3CCOCC3)cn2n1. The van der Waals surface area contributed by atoms with E-state index in [-0.39, 0.29) is 0 Å². The fourth-order valence-corrected chi connectivity index (χ4v) is 2.10. The molecule has 0 radical (unpaired) electrons. The first kappa shape index (κ1) is 11.5. The Kier molecular flexibility index (Phi) is 3.43. The van der Waals surface area contributed by atoms with E-state index in [9.17, 15) is 0 Å². The zero-order chi connectivity index (χ0) is 12.2. The summed E-state index contributed by atoms with van der Waals surface area (Å²) >= 11 is 0. The summed E-state index contributed by atoms with van der Waals surface area (Å²) in [7, 11) is 0. The first-order valence-electron chi connectivity index (χ1n) is 6.28. The van der Waals surface area contributed by atoms with Crippen LogP contribution in [0.3, 0.4) is 0 Å². The third-order valence-electron chi connectivity index (χ3n) is 3.15. The van der Waals surface area contributed by atoms with E-state index in [0.717, 1.165) is 44.1 Å². The van der Waals surface area contributed by atoms with E-state index in [4.69, 9.17) is 9.47 Å². The number of rotatable bonds is 4. The minimum absolute atomic E-state index is 0.701. The van der Waals surface area contributed by atoms with Gasteiger partial charge in [0.05, 0.1) is 24.9 Å². The molecular formula is C13H17N3O2. The van der Waals surface area contributed by atoms with E-state index >= 15 is 0 Å².